The first-order valence-electron chi connectivity index (χ1n) is 12.2. The molecule has 2 aromatic carbocycles. The first kappa shape index (κ1) is 28.7. The normalized spacial score (nSPS) is 14.7. The van der Waals surface area contributed by atoms with Gasteiger partial charge in [-0.2, -0.15) is 0 Å². The van der Waals surface area contributed by atoms with E-state index in [1.807, 2.05) is 0 Å². The number of sulfonamides is 1. The van der Waals surface area contributed by atoms with E-state index in [1.54, 1.807) is 13.0 Å². The maximum atomic E-state index is 13.8. The maximum absolute atomic E-state index is 13.8. The minimum Gasteiger partial charge on any atom is -0.495 e. The van der Waals surface area contributed by atoms with E-state index in [-0.39, 0.29) is 35.0 Å². The highest BCUT2D eigenvalue weighted by Crippen LogP contribution is 2.33. The molecule has 1 fully saturated rings. The number of carbonyl (C=O) groups is 2. The second kappa shape index (κ2) is 12.6. The first-order chi connectivity index (χ1) is 17.5. The molecular weight excluding hydrogens is 521 g/mol. The van der Waals surface area contributed by atoms with Crippen LogP contribution in [0.3, 0.4) is 0 Å². The van der Waals surface area contributed by atoms with Gasteiger partial charge >= 0.3 is 0 Å². The molecule has 37 heavy (non-hydrogen) atoms. The third kappa shape index (κ3) is 7.58. The van der Waals surface area contributed by atoms with Crippen LogP contribution in [0.1, 0.15) is 44.6 Å². The number of benzene rings is 2. The van der Waals surface area contributed by atoms with E-state index in [4.69, 9.17) is 16.3 Å². The summed E-state index contributed by atoms with van der Waals surface area (Å²) < 4.78 is 45.4. The number of nitrogens with one attached hydrogen (secondary N) is 1. The molecule has 0 bridgehead atoms. The van der Waals surface area contributed by atoms with Crippen LogP contribution in [0.25, 0.3) is 0 Å². The number of rotatable bonds is 11. The molecule has 0 aromatic heterocycles. The fraction of sp³-hybridized carbons (Fsp3) is 0.462. The lowest BCUT2D eigenvalue weighted by molar-refractivity contribution is -0.140. The van der Waals surface area contributed by atoms with Crippen LogP contribution < -0.4 is 14.4 Å². The smallest absolute Gasteiger partial charge is 0.244 e. The third-order valence-corrected chi connectivity index (χ3v) is 7.80. The Kier molecular flexibility index (Phi) is 9.78. The topological polar surface area (TPSA) is 96.0 Å². The highest BCUT2D eigenvalue weighted by Gasteiger charge is 2.33. The molecule has 1 aliphatic rings. The molecule has 1 N–H and O–H groups in total. The molecule has 0 heterocycles. The molecule has 1 atom stereocenters. The van der Waals surface area contributed by atoms with Gasteiger partial charge in [-0.1, -0.05) is 43.5 Å². The van der Waals surface area contributed by atoms with Crippen molar-refractivity contribution >= 4 is 39.1 Å². The summed E-state index contributed by atoms with van der Waals surface area (Å²) in [7, 11) is -2.56. The largest absolute Gasteiger partial charge is 0.495 e. The van der Waals surface area contributed by atoms with Crippen LogP contribution in [0, 0.1) is 5.82 Å². The molecule has 0 radical (unpaired) electrons. The summed E-state index contributed by atoms with van der Waals surface area (Å²) in [5.41, 5.74) is 0.712. The molecule has 1 unspecified atom stereocenters. The molecule has 2 aromatic rings. The fourth-order valence-corrected chi connectivity index (χ4v) is 5.54. The van der Waals surface area contributed by atoms with Crippen LogP contribution >= 0.6 is 11.6 Å². The molecule has 11 heteroatoms. The number of hydrogen-bond acceptors (Lipinski definition) is 5. The highest BCUT2D eigenvalue weighted by atomic mass is 35.5. The van der Waals surface area contributed by atoms with Gasteiger partial charge in [0.05, 0.1) is 19.1 Å². The Hall–Kier alpha value is -2.85. The number of ether oxygens (including phenoxy) is 1. The molecule has 2 amide bonds. The Labute approximate surface area is 222 Å². The van der Waals surface area contributed by atoms with Gasteiger partial charge in [0.25, 0.3) is 0 Å². The fourth-order valence-electron chi connectivity index (χ4n) is 4.53. The number of methoxy groups -OCH3 is 1. The predicted octanol–water partition coefficient (Wildman–Crippen LogP) is 4.12. The Bertz CT molecular complexity index is 1200. The van der Waals surface area contributed by atoms with Gasteiger partial charge in [-0.05, 0) is 55.2 Å². The number of hydrogen-bond donors (Lipinski definition) is 1. The van der Waals surface area contributed by atoms with Crippen molar-refractivity contribution in [3.8, 4) is 5.75 Å². The average Bonchev–Trinajstić information content (AvgIpc) is 3.35. The minimum absolute atomic E-state index is 0.0000106. The first-order valence-corrected chi connectivity index (χ1v) is 14.4. The van der Waals surface area contributed by atoms with Gasteiger partial charge < -0.3 is 15.0 Å². The van der Waals surface area contributed by atoms with Crippen molar-refractivity contribution in [2.24, 2.45) is 0 Å². The van der Waals surface area contributed by atoms with Crippen LogP contribution in [0.5, 0.6) is 5.75 Å². The van der Waals surface area contributed by atoms with Crippen LogP contribution in [0.2, 0.25) is 5.02 Å². The number of anilines is 1. The number of carbonyl (C=O) groups excluding carboxylic acids is 2. The van der Waals surface area contributed by atoms with E-state index in [2.05, 4.69) is 5.32 Å². The second-order valence-electron chi connectivity index (χ2n) is 9.15. The molecule has 8 nitrogen and oxygen atoms in total. The van der Waals surface area contributed by atoms with Crippen LogP contribution in [0.4, 0.5) is 10.1 Å². The van der Waals surface area contributed by atoms with E-state index in [1.165, 1.54) is 48.4 Å². The van der Waals surface area contributed by atoms with Crippen molar-refractivity contribution in [2.75, 3.05) is 24.2 Å². The summed E-state index contributed by atoms with van der Waals surface area (Å²) in [5.74, 6) is -1.09. The molecule has 1 aliphatic carbocycles. The molecule has 0 saturated heterocycles. The van der Waals surface area contributed by atoms with Crippen LogP contribution in [-0.4, -0.2) is 57.1 Å². The van der Waals surface area contributed by atoms with Gasteiger partial charge in [0.1, 0.15) is 24.2 Å². The summed E-state index contributed by atoms with van der Waals surface area (Å²) in [6.07, 6.45) is 5.12. The van der Waals surface area contributed by atoms with Crippen molar-refractivity contribution in [3.63, 3.8) is 0 Å². The van der Waals surface area contributed by atoms with Crippen LogP contribution in [-0.2, 0) is 26.2 Å². The predicted molar refractivity (Wildman–Crippen MR) is 142 cm³/mol. The highest BCUT2D eigenvalue weighted by molar-refractivity contribution is 7.92. The van der Waals surface area contributed by atoms with E-state index in [0.29, 0.717) is 12.0 Å². The standard InChI is InChI=1S/C26H33ClFN3O5S/c1-4-22(26(33)29-21-7-5-6-8-21)30(16-18-9-12-20(28)13-10-18)25(32)17-31(37(3,34)35)23-15-19(27)11-14-24(23)36-2/h9-15,21-22H,4-8,16-17H2,1-3H3,(H,29,33). The zero-order chi connectivity index (χ0) is 27.2. The average molecular weight is 554 g/mol. The van der Waals surface area contributed by atoms with E-state index >= 15 is 0 Å². The number of halogens is 2. The molecular formula is C26H33ClFN3O5S. The van der Waals surface area contributed by atoms with Gasteiger partial charge in [0, 0.05) is 17.6 Å². The van der Waals surface area contributed by atoms with Crippen molar-refractivity contribution < 1.29 is 27.1 Å². The Balaban J connectivity index is 1.96. The Morgan fingerprint density at radius 3 is 2.38 bits per heavy atom. The Morgan fingerprint density at radius 1 is 1.16 bits per heavy atom. The maximum Gasteiger partial charge on any atom is 0.244 e. The lowest BCUT2D eigenvalue weighted by atomic mass is 10.1. The third-order valence-electron chi connectivity index (χ3n) is 6.44. The van der Waals surface area contributed by atoms with Gasteiger partial charge in [0.15, 0.2) is 0 Å². The summed E-state index contributed by atoms with van der Waals surface area (Å²) in [6, 6.07) is 9.29. The molecule has 202 valence electrons. The quantitative estimate of drug-likeness (QED) is 0.451. The SMILES string of the molecule is CCC(C(=O)NC1CCCC1)N(Cc1ccc(F)cc1)C(=O)CN(c1cc(Cl)ccc1OC)S(C)(=O)=O. The minimum atomic E-state index is -3.95. The van der Waals surface area contributed by atoms with E-state index < -0.39 is 34.3 Å². The summed E-state index contributed by atoms with van der Waals surface area (Å²) in [6.45, 7) is 1.21. The zero-order valence-corrected chi connectivity index (χ0v) is 22.8. The van der Waals surface area contributed by atoms with E-state index in [0.717, 1.165) is 36.2 Å². The van der Waals surface area contributed by atoms with Crippen molar-refractivity contribution in [1.29, 1.82) is 0 Å². The lowest BCUT2D eigenvalue weighted by Crippen LogP contribution is -2.53. The van der Waals surface area contributed by atoms with Gasteiger partial charge in [0.2, 0.25) is 21.8 Å². The van der Waals surface area contributed by atoms with E-state index in [9.17, 15) is 22.4 Å². The summed E-state index contributed by atoms with van der Waals surface area (Å²) in [5, 5.41) is 3.31. The van der Waals surface area contributed by atoms with Crippen molar-refractivity contribution in [3.05, 3.63) is 58.9 Å². The second-order valence-corrected chi connectivity index (χ2v) is 11.5. The molecule has 1 saturated carbocycles. The Morgan fingerprint density at radius 2 is 1.81 bits per heavy atom. The van der Waals surface area contributed by atoms with Crippen molar-refractivity contribution in [1.82, 2.24) is 10.2 Å². The summed E-state index contributed by atoms with van der Waals surface area (Å²) >= 11 is 6.13. The lowest BCUT2D eigenvalue weighted by Gasteiger charge is -2.33. The summed E-state index contributed by atoms with van der Waals surface area (Å²) in [4.78, 5) is 28.4. The van der Waals surface area contributed by atoms with Crippen LogP contribution in [0.15, 0.2) is 42.5 Å². The molecule has 3 rings (SSSR count). The van der Waals surface area contributed by atoms with Gasteiger partial charge in [-0.25, -0.2) is 12.8 Å². The number of nitrogens with zero attached hydrogens (tertiary/aromatic N) is 2. The molecule has 0 spiro atoms. The van der Waals surface area contributed by atoms with Crippen molar-refractivity contribution in [2.45, 2.75) is 57.7 Å². The monoisotopic (exact) mass is 553 g/mol. The van der Waals surface area contributed by atoms with Gasteiger partial charge in [-0.15, -0.1) is 0 Å². The molecule has 0 aliphatic heterocycles. The number of amides is 2. The zero-order valence-electron chi connectivity index (χ0n) is 21.2. The van der Waals surface area contributed by atoms with Gasteiger partial charge in [-0.3, -0.25) is 13.9 Å².